The number of carbonyl (C=O) groups is 1. The molecular weight excluding hydrogens is 286 g/mol. The van der Waals surface area contributed by atoms with Crippen LogP contribution in [0, 0.1) is 6.92 Å². The van der Waals surface area contributed by atoms with Gasteiger partial charge in [0, 0.05) is 22.9 Å². The van der Waals surface area contributed by atoms with Gasteiger partial charge in [0.25, 0.3) is 5.91 Å². The summed E-state index contributed by atoms with van der Waals surface area (Å²) in [6.07, 6.45) is 3.22. The zero-order valence-corrected chi connectivity index (χ0v) is 13.0. The summed E-state index contributed by atoms with van der Waals surface area (Å²) in [7, 11) is 0. The number of halogens is 1. The van der Waals surface area contributed by atoms with Gasteiger partial charge in [-0.15, -0.1) is 0 Å². The molecule has 0 aliphatic carbocycles. The zero-order valence-electron chi connectivity index (χ0n) is 12.3. The second-order valence-electron chi connectivity index (χ2n) is 5.13. The second-order valence-corrected chi connectivity index (χ2v) is 5.54. The van der Waals surface area contributed by atoms with E-state index in [0.717, 1.165) is 16.9 Å². The minimum Gasteiger partial charge on any atom is -0.354 e. The maximum absolute atomic E-state index is 12.0. The van der Waals surface area contributed by atoms with Gasteiger partial charge in [-0.25, -0.2) is 0 Å². The molecule has 0 unspecified atom stereocenters. The standard InChI is InChI=1S/C16H18ClN3O/c1-10(2)19-16(21)12-7-13(9-18-8-12)20-15-6-4-5-14(17)11(15)3/h4-10,20H,1-3H3,(H,19,21). The molecule has 2 aromatic rings. The van der Waals surface area contributed by atoms with E-state index >= 15 is 0 Å². The molecule has 0 atom stereocenters. The molecule has 1 aromatic carbocycles. The van der Waals surface area contributed by atoms with Gasteiger partial charge >= 0.3 is 0 Å². The Morgan fingerprint density at radius 1 is 1.29 bits per heavy atom. The number of nitrogens with zero attached hydrogens (tertiary/aromatic N) is 1. The van der Waals surface area contributed by atoms with Crippen LogP contribution in [0.25, 0.3) is 0 Å². The van der Waals surface area contributed by atoms with Crippen molar-refractivity contribution in [1.82, 2.24) is 10.3 Å². The van der Waals surface area contributed by atoms with Gasteiger partial charge in [-0.05, 0) is 44.5 Å². The molecule has 0 saturated heterocycles. The van der Waals surface area contributed by atoms with Gasteiger partial charge in [0.15, 0.2) is 0 Å². The number of pyridine rings is 1. The predicted octanol–water partition coefficient (Wildman–Crippen LogP) is 3.93. The van der Waals surface area contributed by atoms with Crippen LogP contribution in [0.5, 0.6) is 0 Å². The van der Waals surface area contributed by atoms with E-state index in [2.05, 4.69) is 15.6 Å². The summed E-state index contributed by atoms with van der Waals surface area (Å²) in [4.78, 5) is 16.1. The lowest BCUT2D eigenvalue weighted by Gasteiger charge is -2.12. The minimum absolute atomic E-state index is 0.0873. The number of anilines is 2. The maximum atomic E-state index is 12.0. The smallest absolute Gasteiger partial charge is 0.253 e. The van der Waals surface area contributed by atoms with Crippen molar-refractivity contribution in [2.24, 2.45) is 0 Å². The highest BCUT2D eigenvalue weighted by atomic mass is 35.5. The lowest BCUT2D eigenvalue weighted by molar-refractivity contribution is 0.0943. The molecule has 2 rings (SSSR count). The van der Waals surface area contributed by atoms with E-state index in [4.69, 9.17) is 11.6 Å². The number of amides is 1. The average molecular weight is 304 g/mol. The predicted molar refractivity (Wildman–Crippen MR) is 86.3 cm³/mol. The van der Waals surface area contributed by atoms with Gasteiger partial charge in [0.1, 0.15) is 0 Å². The van der Waals surface area contributed by atoms with Crippen molar-refractivity contribution in [2.75, 3.05) is 5.32 Å². The van der Waals surface area contributed by atoms with E-state index in [-0.39, 0.29) is 11.9 Å². The van der Waals surface area contributed by atoms with Crippen LogP contribution in [0.4, 0.5) is 11.4 Å². The van der Waals surface area contributed by atoms with Crippen molar-refractivity contribution < 1.29 is 4.79 Å². The van der Waals surface area contributed by atoms with Crippen LogP contribution in [0.2, 0.25) is 5.02 Å². The highest BCUT2D eigenvalue weighted by molar-refractivity contribution is 6.31. The molecule has 1 heterocycles. The number of hydrogen-bond acceptors (Lipinski definition) is 3. The number of hydrogen-bond donors (Lipinski definition) is 2. The SMILES string of the molecule is Cc1c(Cl)cccc1Nc1cncc(C(=O)NC(C)C)c1. The second kappa shape index (κ2) is 6.59. The van der Waals surface area contributed by atoms with Crippen LogP contribution in [-0.4, -0.2) is 16.9 Å². The van der Waals surface area contributed by atoms with Crippen molar-refractivity contribution in [1.29, 1.82) is 0 Å². The minimum atomic E-state index is -0.135. The monoisotopic (exact) mass is 303 g/mol. The molecule has 0 bridgehead atoms. The zero-order chi connectivity index (χ0) is 15.4. The molecule has 0 spiro atoms. The molecule has 110 valence electrons. The molecule has 2 N–H and O–H groups in total. The first-order valence-electron chi connectivity index (χ1n) is 6.75. The van der Waals surface area contributed by atoms with Crippen LogP contribution in [0.15, 0.2) is 36.7 Å². The Hall–Kier alpha value is -2.07. The third-order valence-corrected chi connectivity index (χ3v) is 3.38. The third kappa shape index (κ3) is 3.95. The lowest BCUT2D eigenvalue weighted by Crippen LogP contribution is -2.30. The molecule has 0 aliphatic rings. The Kier molecular flexibility index (Phi) is 4.81. The largest absolute Gasteiger partial charge is 0.354 e. The molecule has 0 aliphatic heterocycles. The first-order valence-corrected chi connectivity index (χ1v) is 7.13. The van der Waals surface area contributed by atoms with E-state index in [1.54, 1.807) is 18.5 Å². The molecule has 1 amide bonds. The van der Waals surface area contributed by atoms with Crippen LogP contribution in [0.1, 0.15) is 29.8 Å². The lowest BCUT2D eigenvalue weighted by atomic mass is 10.2. The van der Waals surface area contributed by atoms with E-state index in [0.29, 0.717) is 10.6 Å². The van der Waals surface area contributed by atoms with Gasteiger partial charge in [0.2, 0.25) is 0 Å². The Labute approximate surface area is 129 Å². The number of nitrogens with one attached hydrogen (secondary N) is 2. The van der Waals surface area contributed by atoms with Gasteiger partial charge in [-0.3, -0.25) is 9.78 Å². The first-order chi connectivity index (χ1) is 9.97. The molecular formula is C16H18ClN3O. The Morgan fingerprint density at radius 3 is 2.76 bits per heavy atom. The van der Waals surface area contributed by atoms with Crippen LogP contribution < -0.4 is 10.6 Å². The summed E-state index contributed by atoms with van der Waals surface area (Å²) in [6, 6.07) is 7.50. The third-order valence-electron chi connectivity index (χ3n) is 2.97. The summed E-state index contributed by atoms with van der Waals surface area (Å²) in [5, 5.41) is 6.77. The average Bonchev–Trinajstić information content (AvgIpc) is 2.43. The molecule has 1 aromatic heterocycles. The highest BCUT2D eigenvalue weighted by Crippen LogP contribution is 2.26. The normalized spacial score (nSPS) is 10.5. The summed E-state index contributed by atoms with van der Waals surface area (Å²) in [5.41, 5.74) is 3.12. The quantitative estimate of drug-likeness (QED) is 0.900. The molecule has 4 nitrogen and oxygen atoms in total. The maximum Gasteiger partial charge on any atom is 0.253 e. The van der Waals surface area contributed by atoms with Crippen molar-refractivity contribution in [3.63, 3.8) is 0 Å². The van der Waals surface area contributed by atoms with E-state index < -0.39 is 0 Å². The Balaban J connectivity index is 2.22. The fourth-order valence-corrected chi connectivity index (χ4v) is 2.05. The van der Waals surface area contributed by atoms with E-state index in [1.165, 1.54) is 0 Å². The number of carbonyl (C=O) groups excluding carboxylic acids is 1. The van der Waals surface area contributed by atoms with Crippen LogP contribution in [0.3, 0.4) is 0 Å². The van der Waals surface area contributed by atoms with Gasteiger partial charge < -0.3 is 10.6 Å². The fraction of sp³-hybridized carbons (Fsp3) is 0.250. The Bertz CT molecular complexity index is 656. The van der Waals surface area contributed by atoms with Gasteiger partial charge in [-0.1, -0.05) is 17.7 Å². The fourth-order valence-electron chi connectivity index (χ4n) is 1.88. The number of aromatic nitrogens is 1. The Morgan fingerprint density at radius 2 is 2.05 bits per heavy atom. The molecule has 21 heavy (non-hydrogen) atoms. The van der Waals surface area contributed by atoms with Crippen molar-refractivity contribution in [2.45, 2.75) is 26.8 Å². The summed E-state index contributed by atoms with van der Waals surface area (Å²) in [6.45, 7) is 5.78. The number of benzene rings is 1. The van der Waals surface area contributed by atoms with E-state index in [1.807, 2.05) is 39.0 Å². The van der Waals surface area contributed by atoms with Crippen LogP contribution >= 0.6 is 11.6 Å². The first kappa shape index (κ1) is 15.3. The van der Waals surface area contributed by atoms with Crippen molar-refractivity contribution in [3.8, 4) is 0 Å². The highest BCUT2D eigenvalue weighted by Gasteiger charge is 2.09. The summed E-state index contributed by atoms with van der Waals surface area (Å²) >= 11 is 6.10. The van der Waals surface area contributed by atoms with Gasteiger partial charge in [0.05, 0.1) is 17.4 Å². The molecule has 0 saturated carbocycles. The summed E-state index contributed by atoms with van der Waals surface area (Å²) < 4.78 is 0. The molecule has 0 radical (unpaired) electrons. The molecule has 0 fully saturated rings. The van der Waals surface area contributed by atoms with Crippen molar-refractivity contribution >= 4 is 28.9 Å². The van der Waals surface area contributed by atoms with Gasteiger partial charge in [-0.2, -0.15) is 0 Å². The summed E-state index contributed by atoms with van der Waals surface area (Å²) in [5.74, 6) is -0.135. The molecule has 5 heteroatoms. The van der Waals surface area contributed by atoms with E-state index in [9.17, 15) is 4.79 Å². The van der Waals surface area contributed by atoms with Crippen molar-refractivity contribution in [3.05, 3.63) is 52.8 Å². The van der Waals surface area contributed by atoms with Crippen LogP contribution in [-0.2, 0) is 0 Å². The topological polar surface area (TPSA) is 54.0 Å². The number of rotatable bonds is 4.